The fourth-order valence-corrected chi connectivity index (χ4v) is 3.52. The Labute approximate surface area is 189 Å². The van der Waals surface area contributed by atoms with Crippen LogP contribution in [0.5, 0.6) is 0 Å². The van der Waals surface area contributed by atoms with E-state index in [0.29, 0.717) is 34.8 Å². The number of nitrogens with zero attached hydrogens (tertiary/aromatic N) is 2. The van der Waals surface area contributed by atoms with Crippen molar-refractivity contribution >= 4 is 29.3 Å². The third-order valence-corrected chi connectivity index (χ3v) is 5.30. The number of fused-ring (bicyclic) bond motifs is 1. The Morgan fingerprint density at radius 2 is 1.88 bits per heavy atom. The van der Waals surface area contributed by atoms with Crippen molar-refractivity contribution in [1.82, 2.24) is 9.78 Å². The number of carbonyl (C=O) groups excluding carboxylic acids is 3. The summed E-state index contributed by atoms with van der Waals surface area (Å²) in [7, 11) is 0. The average molecular weight is 450 g/mol. The maximum absolute atomic E-state index is 13.2. The first-order chi connectivity index (χ1) is 16.0. The Morgan fingerprint density at radius 3 is 2.58 bits per heavy atom. The number of unbranched alkanes of at least 4 members (excludes halogenated alkanes) is 1. The van der Waals surface area contributed by atoms with Crippen LogP contribution in [-0.2, 0) is 14.3 Å². The van der Waals surface area contributed by atoms with Crippen molar-refractivity contribution in [3.05, 3.63) is 66.1 Å². The van der Waals surface area contributed by atoms with Gasteiger partial charge in [-0.05, 0) is 48.4 Å². The minimum atomic E-state index is -0.804. The van der Waals surface area contributed by atoms with Gasteiger partial charge in [0.25, 0.3) is 5.91 Å². The Morgan fingerprint density at radius 1 is 1.15 bits per heavy atom. The summed E-state index contributed by atoms with van der Waals surface area (Å²) in [5.74, 6) is -1.02. The summed E-state index contributed by atoms with van der Waals surface area (Å²) >= 11 is 0. The van der Waals surface area contributed by atoms with Crippen molar-refractivity contribution in [1.29, 1.82) is 0 Å². The van der Waals surface area contributed by atoms with Gasteiger partial charge in [-0.15, -0.1) is 0 Å². The minimum absolute atomic E-state index is 0.121. The first kappa shape index (κ1) is 22.2. The third kappa shape index (κ3) is 4.92. The third-order valence-electron chi connectivity index (χ3n) is 5.30. The van der Waals surface area contributed by atoms with Crippen molar-refractivity contribution < 1.29 is 23.5 Å². The monoisotopic (exact) mass is 450 g/mol. The van der Waals surface area contributed by atoms with Gasteiger partial charge in [-0.1, -0.05) is 25.5 Å². The van der Waals surface area contributed by atoms with Crippen molar-refractivity contribution in [3.63, 3.8) is 0 Å². The number of nitrogens with one attached hydrogen (secondary N) is 2. The van der Waals surface area contributed by atoms with Gasteiger partial charge in [0.1, 0.15) is 17.7 Å². The molecule has 2 aromatic carbocycles. The molecule has 1 atom stereocenters. The molecule has 0 saturated heterocycles. The van der Waals surface area contributed by atoms with E-state index in [2.05, 4.69) is 15.7 Å². The Balaban J connectivity index is 1.39. The number of carbonyl (C=O) groups is 3. The smallest absolute Gasteiger partial charge is 0.338 e. The minimum Gasteiger partial charge on any atom is -0.462 e. The number of aromatic nitrogens is 2. The molecule has 2 heterocycles. The van der Waals surface area contributed by atoms with Gasteiger partial charge in [0.15, 0.2) is 0 Å². The lowest BCUT2D eigenvalue weighted by atomic mass is 10.1. The first-order valence-corrected chi connectivity index (χ1v) is 10.7. The lowest BCUT2D eigenvalue weighted by molar-refractivity contribution is -0.123. The van der Waals surface area contributed by atoms with Gasteiger partial charge in [-0.3, -0.25) is 9.59 Å². The molecular formula is C24H23FN4O4. The second-order valence-corrected chi connectivity index (χ2v) is 7.68. The lowest BCUT2D eigenvalue weighted by Crippen LogP contribution is -2.23. The largest absolute Gasteiger partial charge is 0.462 e. The molecule has 170 valence electrons. The predicted octanol–water partition coefficient (Wildman–Crippen LogP) is 4.17. The highest BCUT2D eigenvalue weighted by molar-refractivity contribution is 6.04. The number of anilines is 2. The molecule has 1 aromatic heterocycles. The number of hydrogen-bond donors (Lipinski definition) is 2. The zero-order valence-corrected chi connectivity index (χ0v) is 18.0. The van der Waals surface area contributed by atoms with E-state index < -0.39 is 12.0 Å². The Bertz CT molecular complexity index is 1170. The van der Waals surface area contributed by atoms with Gasteiger partial charge < -0.3 is 15.4 Å². The molecule has 0 radical (unpaired) electrons. The zero-order valence-electron chi connectivity index (χ0n) is 18.0. The highest BCUT2D eigenvalue weighted by atomic mass is 19.1. The van der Waals surface area contributed by atoms with Crippen LogP contribution in [-0.4, -0.2) is 34.2 Å². The number of ether oxygens (including phenoxy) is 1. The predicted molar refractivity (Wildman–Crippen MR) is 120 cm³/mol. The Hall–Kier alpha value is -4.01. The van der Waals surface area contributed by atoms with E-state index >= 15 is 0 Å². The quantitative estimate of drug-likeness (QED) is 0.396. The summed E-state index contributed by atoms with van der Waals surface area (Å²) in [5.41, 5.74) is 2.24. The van der Waals surface area contributed by atoms with Gasteiger partial charge in [0.05, 0.1) is 24.8 Å². The highest BCUT2D eigenvalue weighted by Gasteiger charge is 2.35. The van der Waals surface area contributed by atoms with Crippen LogP contribution in [0.4, 0.5) is 15.9 Å². The molecule has 0 saturated carbocycles. The molecule has 2 amide bonds. The summed E-state index contributed by atoms with van der Waals surface area (Å²) in [6.45, 7) is 2.38. The number of amides is 2. The summed E-state index contributed by atoms with van der Waals surface area (Å²) in [4.78, 5) is 37.0. The molecule has 1 aliphatic heterocycles. The second kappa shape index (κ2) is 9.64. The zero-order chi connectivity index (χ0) is 23.4. The fourth-order valence-electron chi connectivity index (χ4n) is 3.52. The molecule has 0 fully saturated rings. The first-order valence-electron chi connectivity index (χ1n) is 10.7. The van der Waals surface area contributed by atoms with Crippen LogP contribution >= 0.6 is 0 Å². The van der Waals surface area contributed by atoms with Gasteiger partial charge in [-0.2, -0.15) is 5.10 Å². The van der Waals surface area contributed by atoms with E-state index in [-0.39, 0.29) is 24.1 Å². The average Bonchev–Trinajstić information content (AvgIpc) is 3.34. The Kier molecular flexibility index (Phi) is 6.48. The van der Waals surface area contributed by atoms with E-state index in [9.17, 15) is 18.8 Å². The topological polar surface area (TPSA) is 102 Å². The number of rotatable bonds is 8. The lowest BCUT2D eigenvalue weighted by Gasteiger charge is -2.10. The molecule has 1 unspecified atom stereocenters. The number of benzene rings is 2. The number of hydrogen-bond acceptors (Lipinski definition) is 5. The molecule has 0 spiro atoms. The molecule has 2 N–H and O–H groups in total. The summed E-state index contributed by atoms with van der Waals surface area (Å²) in [5, 5.41) is 9.74. The van der Waals surface area contributed by atoms with Gasteiger partial charge in [0.2, 0.25) is 5.91 Å². The molecule has 0 aliphatic carbocycles. The normalized spacial score (nSPS) is 14.5. The van der Waals surface area contributed by atoms with E-state index in [4.69, 9.17) is 4.74 Å². The van der Waals surface area contributed by atoms with Crippen LogP contribution in [0.3, 0.4) is 0 Å². The van der Waals surface area contributed by atoms with E-state index in [1.54, 1.807) is 42.6 Å². The van der Waals surface area contributed by atoms with E-state index in [1.807, 2.05) is 6.92 Å². The van der Waals surface area contributed by atoms with Crippen molar-refractivity contribution in [2.45, 2.75) is 32.2 Å². The molecule has 1 aliphatic rings. The van der Waals surface area contributed by atoms with Gasteiger partial charge in [0, 0.05) is 11.3 Å². The molecule has 4 rings (SSSR count). The molecule has 33 heavy (non-hydrogen) atoms. The van der Waals surface area contributed by atoms with Crippen molar-refractivity contribution in [2.24, 2.45) is 0 Å². The fraction of sp³-hybridized carbons (Fsp3) is 0.250. The van der Waals surface area contributed by atoms with Gasteiger partial charge >= 0.3 is 5.97 Å². The van der Waals surface area contributed by atoms with Crippen LogP contribution in [0, 0.1) is 5.82 Å². The van der Waals surface area contributed by atoms with Gasteiger partial charge in [-0.25, -0.2) is 13.9 Å². The summed E-state index contributed by atoms with van der Waals surface area (Å²) in [6.07, 6.45) is 3.19. The summed E-state index contributed by atoms with van der Waals surface area (Å²) in [6, 6.07) is 11.4. The maximum atomic E-state index is 13.2. The van der Waals surface area contributed by atoms with Crippen LogP contribution < -0.4 is 10.6 Å². The highest BCUT2D eigenvalue weighted by Crippen LogP contribution is 2.35. The van der Waals surface area contributed by atoms with Crippen LogP contribution in [0.25, 0.3) is 11.1 Å². The standard InChI is InChI=1S/C24H23FN4O4/c1-2-3-12-33-24(32)16-6-10-18(11-7-16)27-21(30)13-20-23(31)28-22-19(14-26-29(20)22)15-4-8-17(25)9-5-15/h4-11,14,20H,2-3,12-13H2,1H3,(H,27,30)(H,28,31). The second-order valence-electron chi connectivity index (χ2n) is 7.68. The number of halogens is 1. The van der Waals surface area contributed by atoms with Crippen molar-refractivity contribution in [2.75, 3.05) is 17.2 Å². The van der Waals surface area contributed by atoms with E-state index in [1.165, 1.54) is 16.8 Å². The molecule has 0 bridgehead atoms. The van der Waals surface area contributed by atoms with E-state index in [0.717, 1.165) is 12.8 Å². The summed E-state index contributed by atoms with van der Waals surface area (Å²) < 4.78 is 19.8. The SMILES string of the molecule is CCCCOC(=O)c1ccc(NC(=O)CC2C(=O)Nc3c(-c4ccc(F)cc4)cnn32)cc1. The van der Waals surface area contributed by atoms with Crippen molar-refractivity contribution in [3.8, 4) is 11.1 Å². The molecule has 9 heteroatoms. The van der Waals surface area contributed by atoms with Crippen LogP contribution in [0.15, 0.2) is 54.7 Å². The molecule has 3 aromatic rings. The molecule has 8 nitrogen and oxygen atoms in total. The maximum Gasteiger partial charge on any atom is 0.338 e. The molecular weight excluding hydrogens is 427 g/mol. The van der Waals surface area contributed by atoms with Crippen LogP contribution in [0.1, 0.15) is 42.6 Å². The van der Waals surface area contributed by atoms with Crippen LogP contribution in [0.2, 0.25) is 0 Å². The number of esters is 1.